The molecule has 0 radical (unpaired) electrons. The van der Waals surface area contributed by atoms with E-state index in [0.29, 0.717) is 18.0 Å². The lowest BCUT2D eigenvalue weighted by Crippen LogP contribution is -2.37. The van der Waals surface area contributed by atoms with E-state index in [2.05, 4.69) is 28.7 Å². The van der Waals surface area contributed by atoms with Crippen molar-refractivity contribution < 1.29 is 8.78 Å². The summed E-state index contributed by atoms with van der Waals surface area (Å²) < 4.78 is 27.8. The first-order valence-corrected chi connectivity index (χ1v) is 10.6. The first-order valence-electron chi connectivity index (χ1n) is 10.3. The van der Waals surface area contributed by atoms with Crippen molar-refractivity contribution in [2.75, 3.05) is 11.4 Å². The van der Waals surface area contributed by atoms with Crippen LogP contribution in [0.2, 0.25) is 5.02 Å². The van der Waals surface area contributed by atoms with Gasteiger partial charge in [-0.3, -0.25) is 0 Å². The molecule has 1 atom stereocenters. The maximum absolute atomic E-state index is 14.1. The predicted molar refractivity (Wildman–Crippen MR) is 119 cm³/mol. The Morgan fingerprint density at radius 2 is 1.90 bits per heavy atom. The SMILES string of the molecule is CC(C)c1ccnc(N2CCc3c([nH]c4cc(F)c(Cl)cc34)C2c2ccc(F)cc2)n1. The van der Waals surface area contributed by atoms with Crippen molar-refractivity contribution >= 4 is 28.5 Å². The highest BCUT2D eigenvalue weighted by atomic mass is 35.5. The fraction of sp³-hybridized carbons (Fsp3) is 0.250. The van der Waals surface area contributed by atoms with Crippen molar-refractivity contribution in [2.45, 2.75) is 32.2 Å². The van der Waals surface area contributed by atoms with Crippen molar-refractivity contribution in [2.24, 2.45) is 0 Å². The quantitative estimate of drug-likeness (QED) is 0.416. The molecule has 4 nitrogen and oxygen atoms in total. The second-order valence-electron chi connectivity index (χ2n) is 8.16. The van der Waals surface area contributed by atoms with Crippen molar-refractivity contribution in [3.05, 3.63) is 87.8 Å². The van der Waals surface area contributed by atoms with Gasteiger partial charge in [0.05, 0.1) is 11.1 Å². The Labute approximate surface area is 183 Å². The third kappa shape index (κ3) is 3.45. The summed E-state index contributed by atoms with van der Waals surface area (Å²) in [5.41, 5.74) is 4.56. The summed E-state index contributed by atoms with van der Waals surface area (Å²) in [5.74, 6) is 0.129. The number of rotatable bonds is 3. The topological polar surface area (TPSA) is 44.8 Å². The largest absolute Gasteiger partial charge is 0.356 e. The Kier molecular flexibility index (Phi) is 4.89. The number of nitrogens with one attached hydrogen (secondary N) is 1. The normalized spacial score (nSPS) is 16.2. The van der Waals surface area contributed by atoms with Crippen molar-refractivity contribution in [1.82, 2.24) is 15.0 Å². The van der Waals surface area contributed by atoms with Gasteiger partial charge in [0.25, 0.3) is 0 Å². The fourth-order valence-electron chi connectivity index (χ4n) is 4.31. The van der Waals surface area contributed by atoms with E-state index < -0.39 is 5.82 Å². The Morgan fingerprint density at radius 1 is 1.13 bits per heavy atom. The van der Waals surface area contributed by atoms with Gasteiger partial charge in [-0.25, -0.2) is 18.7 Å². The second-order valence-corrected chi connectivity index (χ2v) is 8.57. The smallest absolute Gasteiger partial charge is 0.226 e. The number of hydrogen-bond acceptors (Lipinski definition) is 3. The van der Waals surface area contributed by atoms with E-state index in [1.807, 2.05) is 6.07 Å². The van der Waals surface area contributed by atoms with Gasteiger partial charge in [-0.05, 0) is 53.8 Å². The number of nitrogens with zero attached hydrogens (tertiary/aromatic N) is 3. The molecule has 1 aliphatic rings. The molecule has 31 heavy (non-hydrogen) atoms. The minimum Gasteiger partial charge on any atom is -0.356 e. The lowest BCUT2D eigenvalue weighted by Gasteiger charge is -2.36. The summed E-state index contributed by atoms with van der Waals surface area (Å²) in [6.07, 6.45) is 2.50. The van der Waals surface area contributed by atoms with Crippen LogP contribution in [-0.4, -0.2) is 21.5 Å². The van der Waals surface area contributed by atoms with E-state index in [9.17, 15) is 8.78 Å². The molecule has 1 unspecified atom stereocenters. The van der Waals surface area contributed by atoms with Crippen LogP contribution in [0.1, 0.15) is 48.3 Å². The molecule has 0 bridgehead atoms. The number of fused-ring (bicyclic) bond motifs is 3. The van der Waals surface area contributed by atoms with Gasteiger partial charge in [-0.15, -0.1) is 0 Å². The molecule has 4 aromatic rings. The van der Waals surface area contributed by atoms with Crippen LogP contribution in [0.25, 0.3) is 10.9 Å². The number of aromatic nitrogens is 3. The second kappa shape index (κ2) is 7.61. The summed E-state index contributed by atoms with van der Waals surface area (Å²) in [6.45, 7) is 4.85. The first-order chi connectivity index (χ1) is 14.9. The fourth-order valence-corrected chi connectivity index (χ4v) is 4.48. The van der Waals surface area contributed by atoms with Gasteiger partial charge in [-0.1, -0.05) is 37.6 Å². The van der Waals surface area contributed by atoms with Crippen LogP contribution in [0.4, 0.5) is 14.7 Å². The molecule has 0 aliphatic carbocycles. The summed E-state index contributed by atoms with van der Waals surface area (Å²) >= 11 is 6.07. The van der Waals surface area contributed by atoms with Crippen LogP contribution < -0.4 is 4.90 Å². The average Bonchev–Trinajstić information content (AvgIpc) is 3.11. The minimum atomic E-state index is -0.462. The molecular formula is C24H21ClF2N4. The maximum Gasteiger partial charge on any atom is 0.226 e. The lowest BCUT2D eigenvalue weighted by atomic mass is 9.92. The predicted octanol–water partition coefficient (Wildman–Crippen LogP) is 6.17. The number of H-pyrrole nitrogens is 1. The van der Waals surface area contributed by atoms with Gasteiger partial charge in [-0.2, -0.15) is 0 Å². The molecule has 0 spiro atoms. The molecule has 0 saturated heterocycles. The zero-order valence-electron chi connectivity index (χ0n) is 17.2. The molecule has 0 fully saturated rings. The van der Waals surface area contributed by atoms with E-state index in [-0.39, 0.29) is 22.8 Å². The zero-order valence-corrected chi connectivity index (χ0v) is 17.9. The van der Waals surface area contributed by atoms with E-state index in [4.69, 9.17) is 16.6 Å². The van der Waals surface area contributed by atoms with Gasteiger partial charge in [0, 0.05) is 35.0 Å². The summed E-state index contributed by atoms with van der Waals surface area (Å²) in [6, 6.07) is 11.2. The standard InChI is InChI=1S/C24H21ClF2N4/c1-13(2)20-7-9-28-24(30-20)31-10-8-16-17-11-18(25)19(27)12-21(17)29-22(16)23(31)14-3-5-15(26)6-4-14/h3-7,9,11-13,23,29H,8,10H2,1-2H3. The van der Waals surface area contributed by atoms with Crippen molar-refractivity contribution in [3.63, 3.8) is 0 Å². The van der Waals surface area contributed by atoms with Gasteiger partial charge < -0.3 is 9.88 Å². The van der Waals surface area contributed by atoms with Crippen LogP contribution in [0, 0.1) is 11.6 Å². The van der Waals surface area contributed by atoms with Crippen molar-refractivity contribution in [1.29, 1.82) is 0 Å². The molecule has 2 aromatic carbocycles. The van der Waals surface area contributed by atoms with Gasteiger partial charge in [0.15, 0.2) is 0 Å². The third-order valence-corrected chi connectivity index (χ3v) is 6.16. The van der Waals surface area contributed by atoms with E-state index in [1.54, 1.807) is 24.4 Å². The molecule has 0 amide bonds. The van der Waals surface area contributed by atoms with Gasteiger partial charge >= 0.3 is 0 Å². The molecule has 2 aromatic heterocycles. The number of benzene rings is 2. The molecule has 3 heterocycles. The minimum absolute atomic E-state index is 0.100. The highest BCUT2D eigenvalue weighted by molar-refractivity contribution is 6.31. The molecule has 0 saturated carbocycles. The van der Waals surface area contributed by atoms with E-state index in [0.717, 1.165) is 34.3 Å². The summed E-state index contributed by atoms with van der Waals surface area (Å²) in [5, 5.41) is 1.01. The van der Waals surface area contributed by atoms with Crippen LogP contribution in [-0.2, 0) is 6.42 Å². The Morgan fingerprint density at radius 3 is 2.65 bits per heavy atom. The number of hydrogen-bond donors (Lipinski definition) is 1. The maximum atomic E-state index is 14.1. The van der Waals surface area contributed by atoms with Crippen LogP contribution >= 0.6 is 11.6 Å². The van der Waals surface area contributed by atoms with E-state index >= 15 is 0 Å². The summed E-state index contributed by atoms with van der Waals surface area (Å²) in [4.78, 5) is 14.8. The van der Waals surface area contributed by atoms with Crippen molar-refractivity contribution in [3.8, 4) is 0 Å². The highest BCUT2D eigenvalue weighted by Gasteiger charge is 2.33. The summed E-state index contributed by atoms with van der Waals surface area (Å²) in [7, 11) is 0. The van der Waals surface area contributed by atoms with Gasteiger partial charge in [0.2, 0.25) is 5.95 Å². The Bertz CT molecular complexity index is 1270. The molecule has 7 heteroatoms. The monoisotopic (exact) mass is 438 g/mol. The van der Waals surface area contributed by atoms with E-state index in [1.165, 1.54) is 18.2 Å². The highest BCUT2D eigenvalue weighted by Crippen LogP contribution is 2.41. The Balaban J connectivity index is 1.70. The lowest BCUT2D eigenvalue weighted by molar-refractivity contribution is 0.611. The molecular weight excluding hydrogens is 418 g/mol. The van der Waals surface area contributed by atoms with Gasteiger partial charge in [0.1, 0.15) is 11.6 Å². The third-order valence-electron chi connectivity index (χ3n) is 5.87. The zero-order chi connectivity index (χ0) is 21.7. The molecule has 1 N–H and O–H groups in total. The molecule has 1 aliphatic heterocycles. The number of halogens is 3. The molecule has 158 valence electrons. The number of aromatic amines is 1. The Hall–Kier alpha value is -2.99. The number of anilines is 1. The molecule has 5 rings (SSSR count). The average molecular weight is 439 g/mol. The first kappa shape index (κ1) is 19.9. The van der Waals surface area contributed by atoms with Crippen LogP contribution in [0.15, 0.2) is 48.7 Å². The van der Waals surface area contributed by atoms with Crippen LogP contribution in [0.5, 0.6) is 0 Å². The van der Waals surface area contributed by atoms with Crippen LogP contribution in [0.3, 0.4) is 0 Å².